The van der Waals surface area contributed by atoms with Crippen molar-refractivity contribution in [2.45, 2.75) is 78.5 Å². The fourth-order valence-electron chi connectivity index (χ4n) is 2.70. The molecule has 0 aromatic rings. The van der Waals surface area contributed by atoms with Crippen LogP contribution >= 0.6 is 0 Å². The molecule has 0 rings (SSSR count). The number of halogens is 24. The second-order valence-corrected chi connectivity index (χ2v) is 9.21. The lowest BCUT2D eigenvalue weighted by atomic mass is 9.84. The van der Waals surface area contributed by atoms with Crippen molar-refractivity contribution in [1.82, 2.24) is 0 Å². The maximum atomic E-state index is 13.9. The number of rotatable bonds is 14. The Hall–Kier alpha value is -1.72. The average molecular weight is 688 g/mol. The van der Waals surface area contributed by atoms with Gasteiger partial charge in [-0.15, -0.1) is 0 Å². The van der Waals surface area contributed by atoms with Crippen LogP contribution in [0.1, 0.15) is 6.92 Å². The Morgan fingerprint density at radius 1 is 0.405 bits per heavy atom. The van der Waals surface area contributed by atoms with E-state index in [0.29, 0.717) is 14.1 Å². The maximum absolute atomic E-state index is 13.9. The third-order valence-corrected chi connectivity index (χ3v) is 5.79. The molecule has 0 bridgehead atoms. The molecule has 0 heterocycles. The number of nitrogens with zero attached hydrogens (tertiary/aromatic N) is 1. The van der Waals surface area contributed by atoms with Gasteiger partial charge in [0, 0.05) is 0 Å². The van der Waals surface area contributed by atoms with Gasteiger partial charge in [0.15, 0.2) is 0 Å². The second kappa shape index (κ2) is 10.2. The summed E-state index contributed by atoms with van der Waals surface area (Å²) in [5, 5.41) is 0. The highest BCUT2D eigenvalue weighted by molar-refractivity contribution is 5.19. The van der Waals surface area contributed by atoms with Crippen LogP contribution in [0.3, 0.4) is 0 Å². The lowest BCUT2D eigenvalue weighted by Gasteiger charge is -2.45. The third kappa shape index (κ3) is 4.99. The average Bonchev–Trinajstić information content (AvgIpc) is 2.76. The van der Waals surface area contributed by atoms with Crippen LogP contribution in [0.2, 0.25) is 0 Å². The third-order valence-electron chi connectivity index (χ3n) is 5.79. The first-order valence-electron chi connectivity index (χ1n) is 9.97. The molecule has 42 heavy (non-hydrogen) atoms. The smallest absolute Gasteiger partial charge is 0.324 e. The lowest BCUT2D eigenvalue weighted by molar-refractivity contribution is -0.898. The Labute approximate surface area is 217 Å². The molecule has 0 aromatic heterocycles. The van der Waals surface area contributed by atoms with Gasteiger partial charge in [0.05, 0.1) is 20.6 Å². The lowest BCUT2D eigenvalue weighted by Crippen LogP contribution is -2.78. The zero-order chi connectivity index (χ0) is 35.0. The monoisotopic (exact) mass is 688 g/mol. The Balaban J connectivity index is 7.27. The summed E-state index contributed by atoms with van der Waals surface area (Å²) in [4.78, 5) is 0. The van der Waals surface area contributed by atoms with Crippen molar-refractivity contribution in [3.8, 4) is 0 Å². The van der Waals surface area contributed by atoms with E-state index in [1.165, 1.54) is 0 Å². The molecule has 0 spiro atoms. The number of hydrogen-bond donors (Lipinski definition) is 0. The predicted octanol–water partition coefficient (Wildman–Crippen LogP) is 8.34. The zero-order valence-electron chi connectivity index (χ0n) is 20.0. The molecular formula is C17H14F24N+. The van der Waals surface area contributed by atoms with Crippen molar-refractivity contribution in [3.63, 3.8) is 0 Å². The van der Waals surface area contributed by atoms with Crippen molar-refractivity contribution in [2.24, 2.45) is 0 Å². The Kier molecular flexibility index (Phi) is 9.74. The Morgan fingerprint density at radius 2 is 0.619 bits per heavy atom. The standard InChI is InChI=1S/C17H14F24N/c1-4-42(2,3)5-7(20,21)9(24,25)11(28,29)13(32,33)15(36,37)17(40,41)16(38,39)14(34,35)12(30,31)10(26,27)8(22,23)6(18)19/h6H,4-5H2,1-3H3/q+1. The van der Waals surface area contributed by atoms with Crippen molar-refractivity contribution < 1.29 is 110 Å². The molecule has 1 nitrogen and oxygen atoms in total. The van der Waals surface area contributed by atoms with Gasteiger partial charge in [-0.3, -0.25) is 0 Å². The van der Waals surface area contributed by atoms with E-state index < -0.39 is 89.1 Å². The van der Waals surface area contributed by atoms with Gasteiger partial charge >= 0.3 is 71.6 Å². The first-order valence-corrected chi connectivity index (χ1v) is 9.97. The van der Waals surface area contributed by atoms with E-state index in [1.54, 1.807) is 0 Å². The summed E-state index contributed by atoms with van der Waals surface area (Å²) in [5.41, 5.74) is 0. The first kappa shape index (κ1) is 40.3. The van der Waals surface area contributed by atoms with Crippen LogP contribution in [0.15, 0.2) is 0 Å². The van der Waals surface area contributed by atoms with E-state index >= 15 is 0 Å². The van der Waals surface area contributed by atoms with Gasteiger partial charge in [0.1, 0.15) is 6.54 Å². The van der Waals surface area contributed by atoms with E-state index in [-0.39, 0.29) is 0 Å². The minimum absolute atomic E-state index is 0.471. The summed E-state index contributed by atoms with van der Waals surface area (Å²) in [6, 6.07) is 0. The topological polar surface area (TPSA) is 0 Å². The summed E-state index contributed by atoms with van der Waals surface area (Å²) < 4.78 is 321. The molecule has 0 amide bonds. The van der Waals surface area contributed by atoms with Gasteiger partial charge in [-0.25, -0.2) is 8.78 Å². The molecule has 0 aliphatic heterocycles. The van der Waals surface area contributed by atoms with E-state index in [9.17, 15) is 105 Å². The van der Waals surface area contributed by atoms with Crippen molar-refractivity contribution in [2.75, 3.05) is 27.2 Å². The predicted molar refractivity (Wildman–Crippen MR) is 87.9 cm³/mol. The summed E-state index contributed by atoms with van der Waals surface area (Å²) >= 11 is 0. The van der Waals surface area contributed by atoms with Gasteiger partial charge in [-0.05, 0) is 6.92 Å². The molecule has 0 unspecified atom stereocenters. The minimum Gasteiger partial charge on any atom is -0.324 e. The molecular weight excluding hydrogens is 674 g/mol. The van der Waals surface area contributed by atoms with Crippen LogP contribution in [0.5, 0.6) is 0 Å². The van der Waals surface area contributed by atoms with Gasteiger partial charge in [0.25, 0.3) is 0 Å². The SMILES string of the molecule is CC[N+](C)(C)CC(F)(F)C(F)(F)C(F)(F)C(F)(F)C(F)(F)C(F)(F)C(F)(F)C(F)(F)C(F)(F)C(F)(F)C(F)(F)C(F)F. The molecule has 0 aliphatic carbocycles. The molecule has 254 valence electrons. The molecule has 0 aliphatic rings. The summed E-state index contributed by atoms with van der Waals surface area (Å²) in [6.45, 7) is -2.67. The number of alkyl halides is 24. The van der Waals surface area contributed by atoms with Crippen LogP contribution in [0, 0.1) is 0 Å². The van der Waals surface area contributed by atoms with E-state index in [2.05, 4.69) is 0 Å². The van der Waals surface area contributed by atoms with Gasteiger partial charge < -0.3 is 4.48 Å². The van der Waals surface area contributed by atoms with Crippen molar-refractivity contribution in [1.29, 1.82) is 0 Å². The minimum atomic E-state index is -9.44. The highest BCUT2D eigenvalue weighted by Gasteiger charge is 2.99. The molecule has 0 atom stereocenters. The second-order valence-electron chi connectivity index (χ2n) is 9.21. The largest absolute Gasteiger partial charge is 0.385 e. The van der Waals surface area contributed by atoms with Crippen LogP contribution < -0.4 is 0 Å². The van der Waals surface area contributed by atoms with E-state index in [4.69, 9.17) is 0 Å². The molecule has 0 fully saturated rings. The van der Waals surface area contributed by atoms with Gasteiger partial charge in [0.2, 0.25) is 0 Å². The normalized spacial score (nSPS) is 16.9. The molecule has 0 N–H and O–H groups in total. The summed E-state index contributed by atoms with van der Waals surface area (Å²) in [6.07, 6.45) is -6.24. The quantitative estimate of drug-likeness (QED) is 0.127. The molecule has 0 saturated carbocycles. The van der Waals surface area contributed by atoms with Gasteiger partial charge in [-0.1, -0.05) is 0 Å². The van der Waals surface area contributed by atoms with Crippen molar-refractivity contribution in [3.05, 3.63) is 0 Å². The molecule has 0 aromatic carbocycles. The first-order chi connectivity index (χ1) is 17.7. The van der Waals surface area contributed by atoms with Crippen molar-refractivity contribution >= 4 is 0 Å². The maximum Gasteiger partial charge on any atom is 0.385 e. The van der Waals surface area contributed by atoms with Gasteiger partial charge in [-0.2, -0.15) is 96.6 Å². The molecule has 0 radical (unpaired) electrons. The molecule has 0 saturated heterocycles. The highest BCUT2D eigenvalue weighted by Crippen LogP contribution is 2.67. The Morgan fingerprint density at radius 3 is 0.833 bits per heavy atom. The molecule has 25 heteroatoms. The highest BCUT2D eigenvalue weighted by atomic mass is 19.4. The van der Waals surface area contributed by atoms with Crippen LogP contribution in [0.4, 0.5) is 105 Å². The number of hydrogen-bond acceptors (Lipinski definition) is 0. The summed E-state index contributed by atoms with van der Waals surface area (Å²) in [7, 11) is 0.943. The fraction of sp³-hybridized carbons (Fsp3) is 1.00. The van der Waals surface area contributed by atoms with Crippen LogP contribution in [-0.4, -0.2) is 103 Å². The van der Waals surface area contributed by atoms with E-state index in [0.717, 1.165) is 6.92 Å². The summed E-state index contributed by atoms with van der Waals surface area (Å²) in [5.74, 6) is -95.7. The van der Waals surface area contributed by atoms with E-state index in [1.807, 2.05) is 0 Å². The van der Waals surface area contributed by atoms with Crippen LogP contribution in [0.25, 0.3) is 0 Å². The zero-order valence-corrected chi connectivity index (χ0v) is 20.0. The van der Waals surface area contributed by atoms with Crippen LogP contribution in [-0.2, 0) is 0 Å². The number of quaternary nitrogens is 1. The fourth-order valence-corrected chi connectivity index (χ4v) is 2.70. The Bertz CT molecular complexity index is 962.